The molecule has 0 fully saturated rings. The van der Waals surface area contributed by atoms with Crippen LogP contribution >= 0.6 is 0 Å². The summed E-state index contributed by atoms with van der Waals surface area (Å²) in [6.07, 6.45) is 3.57. The Morgan fingerprint density at radius 3 is 2.50 bits per heavy atom. The molecule has 0 aliphatic rings. The Balaban J connectivity index is 1.16. The van der Waals surface area contributed by atoms with E-state index in [1.165, 1.54) is 0 Å². The second-order valence-corrected chi connectivity index (χ2v) is 8.07. The number of aromatic nitrogens is 4. The summed E-state index contributed by atoms with van der Waals surface area (Å²) in [5.41, 5.74) is 4.23. The van der Waals surface area contributed by atoms with Crippen molar-refractivity contribution in [3.8, 4) is 28.7 Å². The van der Waals surface area contributed by atoms with Gasteiger partial charge in [-0.1, -0.05) is 47.6 Å². The minimum absolute atomic E-state index is 0.251. The molecule has 0 saturated heterocycles. The second kappa shape index (κ2) is 10.6. The number of hydrogen-bond donors (Lipinski definition) is 2. The first-order valence-corrected chi connectivity index (χ1v) is 11.3. The van der Waals surface area contributed by atoms with Gasteiger partial charge in [0.25, 0.3) is 5.89 Å². The van der Waals surface area contributed by atoms with Crippen LogP contribution in [-0.4, -0.2) is 32.8 Å². The van der Waals surface area contributed by atoms with E-state index in [2.05, 4.69) is 25.8 Å². The topological polar surface area (TPSA) is 107 Å². The minimum atomic E-state index is -0.251. The van der Waals surface area contributed by atoms with Gasteiger partial charge in [0.2, 0.25) is 5.82 Å². The standard InChI is InChI=1S/C27H24N6O3/c1-35-23-13-9-21(10-14-23)25-31-26(36-32-25)24-17-33(18-29-24)16-20-7-11-22(12-8-20)30-27(34)28-15-19-5-3-2-4-6-19/h2-14,17-18H,15-16H2,1H3,(H2,28,30,34). The van der Waals surface area contributed by atoms with Gasteiger partial charge in [-0.05, 0) is 47.5 Å². The van der Waals surface area contributed by atoms with Crippen LogP contribution in [0.4, 0.5) is 10.5 Å². The molecular formula is C27H24N6O3. The van der Waals surface area contributed by atoms with Crippen molar-refractivity contribution in [3.63, 3.8) is 0 Å². The number of ether oxygens (including phenoxy) is 1. The number of carbonyl (C=O) groups excluding carboxylic acids is 1. The zero-order valence-electron chi connectivity index (χ0n) is 19.6. The molecule has 5 rings (SSSR count). The maximum Gasteiger partial charge on any atom is 0.319 e. The SMILES string of the molecule is COc1ccc(-c2noc(-c3cn(Cc4ccc(NC(=O)NCc5ccccc5)cc4)cn3)n2)cc1. The summed E-state index contributed by atoms with van der Waals surface area (Å²) in [6.45, 7) is 1.07. The van der Waals surface area contributed by atoms with E-state index in [1.807, 2.05) is 89.6 Å². The highest BCUT2D eigenvalue weighted by molar-refractivity contribution is 5.89. The van der Waals surface area contributed by atoms with Crippen LogP contribution in [0.3, 0.4) is 0 Å². The number of anilines is 1. The summed E-state index contributed by atoms with van der Waals surface area (Å²) < 4.78 is 12.5. The average Bonchev–Trinajstić information content (AvgIpc) is 3.59. The molecule has 180 valence electrons. The van der Waals surface area contributed by atoms with Crippen LogP contribution in [-0.2, 0) is 13.1 Å². The van der Waals surface area contributed by atoms with E-state index in [0.29, 0.717) is 36.2 Å². The molecule has 2 aromatic heterocycles. The fourth-order valence-corrected chi connectivity index (χ4v) is 3.60. The number of hydrogen-bond acceptors (Lipinski definition) is 6. The van der Waals surface area contributed by atoms with E-state index < -0.39 is 0 Å². The molecule has 2 heterocycles. The third-order valence-electron chi connectivity index (χ3n) is 5.50. The quantitative estimate of drug-likeness (QED) is 0.324. The molecule has 0 atom stereocenters. The van der Waals surface area contributed by atoms with Crippen LogP contribution < -0.4 is 15.4 Å². The van der Waals surface area contributed by atoms with Gasteiger partial charge < -0.3 is 24.5 Å². The number of benzene rings is 3. The molecule has 9 heteroatoms. The predicted molar refractivity (Wildman–Crippen MR) is 135 cm³/mol. The number of nitrogens with one attached hydrogen (secondary N) is 2. The average molecular weight is 481 g/mol. The van der Waals surface area contributed by atoms with Crippen molar-refractivity contribution in [3.05, 3.63) is 103 Å². The highest BCUT2D eigenvalue weighted by atomic mass is 16.5. The van der Waals surface area contributed by atoms with Crippen molar-refractivity contribution < 1.29 is 14.1 Å². The molecule has 0 spiro atoms. The summed E-state index contributed by atoms with van der Waals surface area (Å²) in [6, 6.07) is 24.6. The molecule has 0 bridgehead atoms. The maximum absolute atomic E-state index is 12.2. The summed E-state index contributed by atoms with van der Waals surface area (Å²) in [4.78, 5) is 21.0. The lowest BCUT2D eigenvalue weighted by atomic mass is 10.2. The van der Waals surface area contributed by atoms with Gasteiger partial charge in [-0.15, -0.1) is 0 Å². The number of amides is 2. The van der Waals surface area contributed by atoms with Crippen molar-refractivity contribution in [2.24, 2.45) is 0 Å². The third-order valence-corrected chi connectivity index (χ3v) is 5.50. The normalized spacial score (nSPS) is 10.7. The zero-order valence-corrected chi connectivity index (χ0v) is 19.6. The van der Waals surface area contributed by atoms with E-state index in [4.69, 9.17) is 9.26 Å². The molecule has 9 nitrogen and oxygen atoms in total. The van der Waals surface area contributed by atoms with Gasteiger partial charge in [-0.25, -0.2) is 9.78 Å². The molecule has 2 amide bonds. The zero-order chi connectivity index (χ0) is 24.7. The molecule has 0 radical (unpaired) electrons. The molecule has 5 aromatic rings. The fourth-order valence-electron chi connectivity index (χ4n) is 3.60. The van der Waals surface area contributed by atoms with Crippen LogP contribution in [0.5, 0.6) is 5.75 Å². The van der Waals surface area contributed by atoms with Crippen LogP contribution in [0.15, 0.2) is 95.9 Å². The van der Waals surface area contributed by atoms with Gasteiger partial charge in [-0.2, -0.15) is 4.98 Å². The minimum Gasteiger partial charge on any atom is -0.497 e. The molecule has 0 saturated carbocycles. The molecule has 2 N–H and O–H groups in total. The highest BCUT2D eigenvalue weighted by Crippen LogP contribution is 2.23. The Labute approximate surface area is 207 Å². The van der Waals surface area contributed by atoms with Crippen molar-refractivity contribution in [2.75, 3.05) is 12.4 Å². The van der Waals surface area contributed by atoms with E-state index in [9.17, 15) is 4.79 Å². The lowest BCUT2D eigenvalue weighted by Crippen LogP contribution is -2.28. The van der Waals surface area contributed by atoms with E-state index in [1.54, 1.807) is 13.4 Å². The Hall–Kier alpha value is -4.92. The fraction of sp³-hybridized carbons (Fsp3) is 0.111. The monoisotopic (exact) mass is 480 g/mol. The van der Waals surface area contributed by atoms with Gasteiger partial charge in [0.15, 0.2) is 0 Å². The van der Waals surface area contributed by atoms with Crippen LogP contribution in [0.2, 0.25) is 0 Å². The van der Waals surface area contributed by atoms with E-state index in [-0.39, 0.29) is 6.03 Å². The molecule has 36 heavy (non-hydrogen) atoms. The number of urea groups is 1. The van der Waals surface area contributed by atoms with Crippen LogP contribution in [0, 0.1) is 0 Å². The summed E-state index contributed by atoms with van der Waals surface area (Å²) >= 11 is 0. The van der Waals surface area contributed by atoms with Gasteiger partial charge in [0.05, 0.1) is 13.4 Å². The first-order valence-electron chi connectivity index (χ1n) is 11.3. The Morgan fingerprint density at radius 2 is 1.75 bits per heavy atom. The van der Waals surface area contributed by atoms with Crippen molar-refractivity contribution in [1.29, 1.82) is 0 Å². The van der Waals surface area contributed by atoms with Gasteiger partial charge >= 0.3 is 6.03 Å². The number of nitrogens with zero attached hydrogens (tertiary/aromatic N) is 4. The number of rotatable bonds is 8. The third kappa shape index (κ3) is 5.58. The molecule has 0 aliphatic carbocycles. The Kier molecular flexibility index (Phi) is 6.70. The summed E-state index contributed by atoms with van der Waals surface area (Å²) in [5, 5.41) is 9.76. The van der Waals surface area contributed by atoms with Crippen LogP contribution in [0.1, 0.15) is 11.1 Å². The number of carbonyl (C=O) groups is 1. The lowest BCUT2D eigenvalue weighted by molar-refractivity contribution is 0.251. The van der Waals surface area contributed by atoms with Gasteiger partial charge in [0, 0.05) is 30.5 Å². The largest absolute Gasteiger partial charge is 0.497 e. The van der Waals surface area contributed by atoms with Crippen molar-refractivity contribution in [1.82, 2.24) is 25.0 Å². The van der Waals surface area contributed by atoms with Crippen LogP contribution in [0.25, 0.3) is 23.0 Å². The Morgan fingerprint density at radius 1 is 0.972 bits per heavy atom. The lowest BCUT2D eigenvalue weighted by Gasteiger charge is -2.09. The smallest absolute Gasteiger partial charge is 0.319 e. The molecule has 0 aliphatic heterocycles. The van der Waals surface area contributed by atoms with Crippen molar-refractivity contribution >= 4 is 11.7 Å². The predicted octanol–water partition coefficient (Wildman–Crippen LogP) is 4.98. The van der Waals surface area contributed by atoms with Gasteiger partial charge in [-0.3, -0.25) is 0 Å². The highest BCUT2D eigenvalue weighted by Gasteiger charge is 2.13. The van der Waals surface area contributed by atoms with E-state index >= 15 is 0 Å². The first kappa shape index (κ1) is 22.9. The Bertz CT molecular complexity index is 1430. The maximum atomic E-state index is 12.2. The summed E-state index contributed by atoms with van der Waals surface area (Å²) in [7, 11) is 1.62. The molecular weight excluding hydrogens is 456 g/mol. The molecule has 0 unspecified atom stereocenters. The first-order chi connectivity index (χ1) is 17.7. The number of imidazole rings is 1. The number of methoxy groups -OCH3 is 1. The molecule has 3 aromatic carbocycles. The summed E-state index contributed by atoms with van der Waals surface area (Å²) in [5.74, 6) is 1.59. The van der Waals surface area contributed by atoms with Crippen molar-refractivity contribution in [2.45, 2.75) is 13.1 Å². The second-order valence-electron chi connectivity index (χ2n) is 8.07. The van der Waals surface area contributed by atoms with Gasteiger partial charge in [0.1, 0.15) is 11.4 Å². The van der Waals surface area contributed by atoms with E-state index in [0.717, 1.165) is 22.4 Å².